The van der Waals surface area contributed by atoms with Crippen molar-refractivity contribution < 1.29 is 9.18 Å². The molecule has 21 heavy (non-hydrogen) atoms. The maximum absolute atomic E-state index is 12.8. The van der Waals surface area contributed by atoms with Gasteiger partial charge in [-0.3, -0.25) is 4.79 Å². The Hall–Kier alpha value is -1.71. The maximum Gasteiger partial charge on any atom is 0.164 e. The molecule has 2 aromatic rings. The Kier molecular flexibility index (Phi) is 5.48. The molecule has 0 aliphatic heterocycles. The zero-order valence-corrected chi connectivity index (χ0v) is 12.6. The summed E-state index contributed by atoms with van der Waals surface area (Å²) in [4.78, 5) is 14.1. The lowest BCUT2D eigenvalue weighted by Gasteiger charge is -2.16. The molecule has 0 atom stereocenters. The Morgan fingerprint density at radius 1 is 1.19 bits per heavy atom. The molecule has 0 aliphatic rings. The molecule has 0 bridgehead atoms. The van der Waals surface area contributed by atoms with Crippen LogP contribution in [0.1, 0.15) is 22.3 Å². The van der Waals surface area contributed by atoms with E-state index in [1.807, 2.05) is 11.9 Å². The highest BCUT2D eigenvalue weighted by Gasteiger charge is 2.08. The van der Waals surface area contributed by atoms with E-state index < -0.39 is 0 Å². The van der Waals surface area contributed by atoms with Crippen molar-refractivity contribution in [1.29, 1.82) is 0 Å². The van der Waals surface area contributed by atoms with Crippen LogP contribution in [0.5, 0.6) is 0 Å². The molecule has 0 spiro atoms. The Morgan fingerprint density at radius 2 is 1.90 bits per heavy atom. The Morgan fingerprint density at radius 3 is 2.57 bits per heavy atom. The molecule has 2 aromatic carbocycles. The van der Waals surface area contributed by atoms with Crippen molar-refractivity contribution in [2.24, 2.45) is 0 Å². The Bertz CT molecular complexity index is 612. The van der Waals surface area contributed by atoms with Crippen LogP contribution in [0.25, 0.3) is 0 Å². The normalized spacial score (nSPS) is 10.9. The van der Waals surface area contributed by atoms with Gasteiger partial charge in [-0.1, -0.05) is 35.9 Å². The summed E-state index contributed by atoms with van der Waals surface area (Å²) in [5.74, 6) is -0.166. The number of ketones is 1. The molecular weight excluding hydrogens is 289 g/mol. The van der Waals surface area contributed by atoms with E-state index >= 15 is 0 Å². The SMILES string of the molecule is CN(CCC(=O)c1cccc(Cl)c1)Cc1ccc(F)cc1. The average molecular weight is 306 g/mol. The highest BCUT2D eigenvalue weighted by molar-refractivity contribution is 6.31. The molecule has 0 unspecified atom stereocenters. The van der Waals surface area contributed by atoms with Crippen LogP contribution in [0.2, 0.25) is 5.02 Å². The van der Waals surface area contributed by atoms with Crippen LogP contribution >= 0.6 is 11.6 Å². The van der Waals surface area contributed by atoms with Gasteiger partial charge in [-0.15, -0.1) is 0 Å². The summed E-state index contributed by atoms with van der Waals surface area (Å²) in [6.07, 6.45) is 0.429. The van der Waals surface area contributed by atoms with Crippen molar-refractivity contribution in [3.63, 3.8) is 0 Å². The standard InChI is InChI=1S/C17H17ClFNO/c1-20(12-13-5-7-16(19)8-6-13)10-9-17(21)14-3-2-4-15(18)11-14/h2-8,11H,9-10,12H2,1H3. The molecule has 0 heterocycles. The van der Waals surface area contributed by atoms with Crippen molar-refractivity contribution in [3.05, 3.63) is 70.5 Å². The number of Topliss-reactive ketones (excluding diaryl/α,β-unsaturated/α-hetero) is 1. The van der Waals surface area contributed by atoms with Crippen LogP contribution in [0.4, 0.5) is 4.39 Å². The molecule has 0 saturated carbocycles. The van der Waals surface area contributed by atoms with Gasteiger partial charge in [0, 0.05) is 30.1 Å². The molecular formula is C17H17ClFNO. The van der Waals surface area contributed by atoms with E-state index in [2.05, 4.69) is 0 Å². The molecule has 0 aromatic heterocycles. The lowest BCUT2D eigenvalue weighted by Crippen LogP contribution is -2.21. The van der Waals surface area contributed by atoms with Crippen molar-refractivity contribution in [1.82, 2.24) is 4.90 Å². The fraction of sp³-hybridized carbons (Fsp3) is 0.235. The van der Waals surface area contributed by atoms with E-state index in [0.717, 1.165) is 5.56 Å². The van der Waals surface area contributed by atoms with Crippen LogP contribution < -0.4 is 0 Å². The van der Waals surface area contributed by atoms with Crippen molar-refractivity contribution in [3.8, 4) is 0 Å². The van der Waals surface area contributed by atoms with E-state index in [1.165, 1.54) is 12.1 Å². The van der Waals surface area contributed by atoms with Gasteiger partial charge in [0.1, 0.15) is 5.82 Å². The first-order chi connectivity index (χ1) is 10.0. The number of rotatable bonds is 6. The van der Waals surface area contributed by atoms with Gasteiger partial charge >= 0.3 is 0 Å². The molecule has 0 N–H and O–H groups in total. The highest BCUT2D eigenvalue weighted by Crippen LogP contribution is 2.13. The first-order valence-electron chi connectivity index (χ1n) is 6.76. The van der Waals surface area contributed by atoms with Gasteiger partial charge in [-0.25, -0.2) is 4.39 Å². The van der Waals surface area contributed by atoms with E-state index in [1.54, 1.807) is 36.4 Å². The average Bonchev–Trinajstić information content (AvgIpc) is 2.47. The number of hydrogen-bond acceptors (Lipinski definition) is 2. The summed E-state index contributed by atoms with van der Waals surface area (Å²) >= 11 is 5.88. The second kappa shape index (κ2) is 7.34. The second-order valence-corrected chi connectivity index (χ2v) is 5.48. The smallest absolute Gasteiger partial charge is 0.164 e. The van der Waals surface area contributed by atoms with Gasteiger partial charge in [0.2, 0.25) is 0 Å². The lowest BCUT2D eigenvalue weighted by atomic mass is 10.1. The van der Waals surface area contributed by atoms with E-state index in [-0.39, 0.29) is 11.6 Å². The van der Waals surface area contributed by atoms with Gasteiger partial charge < -0.3 is 4.90 Å². The molecule has 0 saturated heterocycles. The zero-order chi connectivity index (χ0) is 15.2. The van der Waals surface area contributed by atoms with Gasteiger partial charge in [-0.05, 0) is 36.9 Å². The molecule has 2 rings (SSSR count). The largest absolute Gasteiger partial charge is 0.302 e. The van der Waals surface area contributed by atoms with Crippen LogP contribution in [0.15, 0.2) is 48.5 Å². The lowest BCUT2D eigenvalue weighted by molar-refractivity contribution is 0.0968. The number of halogens is 2. The predicted molar refractivity (Wildman–Crippen MR) is 83.1 cm³/mol. The van der Waals surface area contributed by atoms with Gasteiger partial charge in [0.05, 0.1) is 0 Å². The predicted octanol–water partition coefficient (Wildman–Crippen LogP) is 4.18. The van der Waals surface area contributed by atoms with E-state index in [9.17, 15) is 9.18 Å². The Labute approximate surface area is 129 Å². The van der Waals surface area contributed by atoms with Crippen molar-refractivity contribution >= 4 is 17.4 Å². The third-order valence-corrected chi connectivity index (χ3v) is 3.47. The molecule has 0 radical (unpaired) electrons. The summed E-state index contributed by atoms with van der Waals surface area (Å²) in [6, 6.07) is 13.4. The molecule has 0 fully saturated rings. The minimum absolute atomic E-state index is 0.0726. The van der Waals surface area contributed by atoms with E-state index in [0.29, 0.717) is 30.1 Å². The Balaban J connectivity index is 1.84. The van der Waals surface area contributed by atoms with Crippen molar-refractivity contribution in [2.45, 2.75) is 13.0 Å². The van der Waals surface area contributed by atoms with Crippen molar-refractivity contribution in [2.75, 3.05) is 13.6 Å². The summed E-state index contributed by atoms with van der Waals surface area (Å²) in [7, 11) is 1.94. The minimum Gasteiger partial charge on any atom is -0.302 e. The van der Waals surface area contributed by atoms with Crippen LogP contribution in [0.3, 0.4) is 0 Å². The zero-order valence-electron chi connectivity index (χ0n) is 11.9. The molecule has 110 valence electrons. The van der Waals surface area contributed by atoms with Gasteiger partial charge in [0.25, 0.3) is 0 Å². The second-order valence-electron chi connectivity index (χ2n) is 5.05. The highest BCUT2D eigenvalue weighted by atomic mass is 35.5. The maximum atomic E-state index is 12.8. The number of benzene rings is 2. The number of nitrogens with zero attached hydrogens (tertiary/aromatic N) is 1. The van der Waals surface area contributed by atoms with Crippen LogP contribution in [0, 0.1) is 5.82 Å². The summed E-state index contributed by atoms with van der Waals surface area (Å²) in [6.45, 7) is 1.33. The summed E-state index contributed by atoms with van der Waals surface area (Å²) in [5, 5.41) is 0.570. The molecule has 2 nitrogen and oxygen atoms in total. The third kappa shape index (κ3) is 4.96. The van der Waals surface area contributed by atoms with Crippen LogP contribution in [-0.4, -0.2) is 24.3 Å². The fourth-order valence-corrected chi connectivity index (χ4v) is 2.27. The quantitative estimate of drug-likeness (QED) is 0.746. The number of hydrogen-bond donors (Lipinski definition) is 0. The fourth-order valence-electron chi connectivity index (χ4n) is 2.08. The summed E-state index contributed by atoms with van der Waals surface area (Å²) in [5.41, 5.74) is 1.66. The molecule has 0 amide bonds. The van der Waals surface area contributed by atoms with Gasteiger partial charge in [-0.2, -0.15) is 0 Å². The van der Waals surface area contributed by atoms with E-state index in [4.69, 9.17) is 11.6 Å². The minimum atomic E-state index is -0.238. The number of carbonyl (C=O) groups is 1. The summed E-state index contributed by atoms with van der Waals surface area (Å²) < 4.78 is 12.8. The van der Waals surface area contributed by atoms with Gasteiger partial charge in [0.15, 0.2) is 5.78 Å². The molecule has 0 aliphatic carbocycles. The first-order valence-corrected chi connectivity index (χ1v) is 7.14. The van der Waals surface area contributed by atoms with Crippen LogP contribution in [-0.2, 0) is 6.54 Å². The number of carbonyl (C=O) groups excluding carboxylic acids is 1. The monoisotopic (exact) mass is 305 g/mol. The topological polar surface area (TPSA) is 20.3 Å². The first kappa shape index (κ1) is 15.7. The molecule has 4 heteroatoms. The third-order valence-electron chi connectivity index (χ3n) is 3.23.